The third-order valence-corrected chi connectivity index (χ3v) is 1.89. The average Bonchev–Trinajstić information content (AvgIpc) is 2.15. The van der Waals surface area contributed by atoms with Crippen molar-refractivity contribution < 1.29 is 4.79 Å². The van der Waals surface area contributed by atoms with Crippen LogP contribution < -0.4 is 10.6 Å². The van der Waals surface area contributed by atoms with Gasteiger partial charge in [-0.15, -0.1) is 0 Å². The number of rotatable bonds is 3. The second-order valence-electron chi connectivity index (χ2n) is 2.97. The number of pyridine rings is 1. The van der Waals surface area contributed by atoms with Crippen LogP contribution in [0, 0.1) is 11.3 Å². The third-order valence-electron chi connectivity index (χ3n) is 1.69. The van der Waals surface area contributed by atoms with Gasteiger partial charge in [-0.2, -0.15) is 5.26 Å². The molecule has 0 aliphatic heterocycles. The minimum atomic E-state index is -0.474. The van der Waals surface area contributed by atoms with Crippen LogP contribution in [0.15, 0.2) is 12.1 Å². The van der Waals surface area contributed by atoms with E-state index in [1.165, 1.54) is 17.0 Å². The molecular weight excluding hydrogens is 216 g/mol. The van der Waals surface area contributed by atoms with Crippen molar-refractivity contribution in [1.82, 2.24) is 4.98 Å². The Balaban J connectivity index is 2.99. The van der Waals surface area contributed by atoms with E-state index in [-0.39, 0.29) is 11.7 Å². The molecule has 0 aliphatic carbocycles. The number of amides is 1. The first kappa shape index (κ1) is 11.3. The maximum Gasteiger partial charge on any atom is 0.236 e. The highest BCUT2D eigenvalue weighted by Crippen LogP contribution is 2.16. The van der Waals surface area contributed by atoms with Crippen molar-refractivity contribution in [2.45, 2.75) is 0 Å². The zero-order chi connectivity index (χ0) is 11.4. The second-order valence-corrected chi connectivity index (χ2v) is 3.36. The van der Waals surface area contributed by atoms with Crippen LogP contribution in [-0.4, -0.2) is 24.5 Å². The number of nitrogens with two attached hydrogens (primary N) is 1. The number of primary amides is 1. The summed E-state index contributed by atoms with van der Waals surface area (Å²) in [6, 6.07) is 4.93. The first-order chi connectivity index (χ1) is 7.02. The molecule has 1 aromatic rings. The lowest BCUT2D eigenvalue weighted by molar-refractivity contribution is -0.116. The van der Waals surface area contributed by atoms with Gasteiger partial charge in [0.2, 0.25) is 5.91 Å². The summed E-state index contributed by atoms with van der Waals surface area (Å²) in [5.74, 6) is -0.0318. The fraction of sp³-hybridized carbons (Fsp3) is 0.222. The highest BCUT2D eigenvalue weighted by molar-refractivity contribution is 6.29. The number of hydrogen-bond acceptors (Lipinski definition) is 4. The summed E-state index contributed by atoms with van der Waals surface area (Å²) in [6.45, 7) is 0.0260. The van der Waals surface area contributed by atoms with Gasteiger partial charge in [0.05, 0.1) is 18.2 Å². The maximum atomic E-state index is 10.7. The van der Waals surface area contributed by atoms with Crippen LogP contribution in [0.1, 0.15) is 5.56 Å². The van der Waals surface area contributed by atoms with E-state index in [9.17, 15) is 4.79 Å². The fourth-order valence-electron chi connectivity index (χ4n) is 1.06. The van der Waals surface area contributed by atoms with E-state index in [4.69, 9.17) is 22.6 Å². The Morgan fingerprint density at radius 1 is 1.73 bits per heavy atom. The standard InChI is InChI=1S/C9H9ClN4O/c1-14(5-8(12)15)9-3-6(4-11)2-7(10)13-9/h2-3H,5H2,1H3,(H2,12,15). The van der Waals surface area contributed by atoms with Gasteiger partial charge in [-0.25, -0.2) is 4.98 Å². The number of carbonyl (C=O) groups excluding carboxylic acids is 1. The number of halogens is 1. The van der Waals surface area contributed by atoms with Crippen molar-refractivity contribution in [3.05, 3.63) is 22.8 Å². The van der Waals surface area contributed by atoms with Gasteiger partial charge in [0.15, 0.2) is 0 Å². The van der Waals surface area contributed by atoms with Gasteiger partial charge >= 0.3 is 0 Å². The molecule has 1 heterocycles. The molecule has 15 heavy (non-hydrogen) atoms. The Hall–Kier alpha value is -1.80. The van der Waals surface area contributed by atoms with Crippen LogP contribution in [0.3, 0.4) is 0 Å². The van der Waals surface area contributed by atoms with Gasteiger partial charge in [0, 0.05) is 7.05 Å². The van der Waals surface area contributed by atoms with E-state index >= 15 is 0 Å². The van der Waals surface area contributed by atoms with E-state index in [0.717, 1.165) is 0 Å². The van der Waals surface area contributed by atoms with Crippen LogP contribution >= 0.6 is 11.6 Å². The minimum absolute atomic E-state index is 0.0260. The molecule has 0 aromatic carbocycles. The number of nitriles is 1. The molecule has 0 unspecified atom stereocenters. The van der Waals surface area contributed by atoms with Crippen LogP contribution in [0.2, 0.25) is 5.15 Å². The third kappa shape index (κ3) is 3.11. The van der Waals surface area contributed by atoms with Gasteiger partial charge in [0.25, 0.3) is 0 Å². The smallest absolute Gasteiger partial charge is 0.236 e. The summed E-state index contributed by atoms with van der Waals surface area (Å²) in [7, 11) is 1.64. The summed E-state index contributed by atoms with van der Waals surface area (Å²) in [5.41, 5.74) is 5.42. The Kier molecular flexibility index (Phi) is 3.47. The zero-order valence-corrected chi connectivity index (χ0v) is 8.82. The molecule has 78 valence electrons. The van der Waals surface area contributed by atoms with Crippen LogP contribution in [0.25, 0.3) is 0 Å². The number of nitrogens with zero attached hydrogens (tertiary/aromatic N) is 3. The topological polar surface area (TPSA) is 83.0 Å². The largest absolute Gasteiger partial charge is 0.368 e. The quantitative estimate of drug-likeness (QED) is 0.759. The lowest BCUT2D eigenvalue weighted by atomic mass is 10.3. The molecule has 0 aliphatic rings. The van der Waals surface area contributed by atoms with Crippen molar-refractivity contribution in [1.29, 1.82) is 5.26 Å². The Morgan fingerprint density at radius 2 is 2.40 bits per heavy atom. The molecule has 0 saturated carbocycles. The lowest BCUT2D eigenvalue weighted by Gasteiger charge is -2.16. The summed E-state index contributed by atoms with van der Waals surface area (Å²) < 4.78 is 0. The van der Waals surface area contributed by atoms with Crippen molar-refractivity contribution >= 4 is 23.3 Å². The second kappa shape index (κ2) is 4.62. The van der Waals surface area contributed by atoms with E-state index in [0.29, 0.717) is 11.4 Å². The van der Waals surface area contributed by atoms with E-state index in [1.807, 2.05) is 6.07 Å². The van der Waals surface area contributed by atoms with Crippen molar-refractivity contribution in [2.24, 2.45) is 5.73 Å². The maximum absolute atomic E-state index is 10.7. The number of aromatic nitrogens is 1. The fourth-order valence-corrected chi connectivity index (χ4v) is 1.26. The number of likely N-dealkylation sites (N-methyl/N-ethyl adjacent to an activating group) is 1. The lowest BCUT2D eigenvalue weighted by Crippen LogP contribution is -2.31. The van der Waals surface area contributed by atoms with Gasteiger partial charge < -0.3 is 10.6 Å². The summed E-state index contributed by atoms with van der Waals surface area (Å²) >= 11 is 5.70. The summed E-state index contributed by atoms with van der Waals surface area (Å²) in [5, 5.41) is 8.91. The molecular formula is C9H9ClN4O. The minimum Gasteiger partial charge on any atom is -0.368 e. The molecule has 0 spiro atoms. The first-order valence-electron chi connectivity index (χ1n) is 4.10. The van der Waals surface area contributed by atoms with Gasteiger partial charge in [0.1, 0.15) is 11.0 Å². The van der Waals surface area contributed by atoms with Crippen molar-refractivity contribution in [3.63, 3.8) is 0 Å². The summed E-state index contributed by atoms with van der Waals surface area (Å²) in [6.07, 6.45) is 0. The van der Waals surface area contributed by atoms with Crippen LogP contribution in [-0.2, 0) is 4.79 Å². The highest BCUT2D eigenvalue weighted by Gasteiger charge is 2.08. The Labute approximate surface area is 92.1 Å². The molecule has 0 bridgehead atoms. The monoisotopic (exact) mass is 224 g/mol. The van der Waals surface area contributed by atoms with E-state index in [1.54, 1.807) is 7.05 Å². The van der Waals surface area contributed by atoms with Gasteiger partial charge in [-0.1, -0.05) is 11.6 Å². The zero-order valence-electron chi connectivity index (χ0n) is 8.07. The predicted octanol–water partition coefficient (Wildman–Crippen LogP) is 0.528. The van der Waals surface area contributed by atoms with E-state index in [2.05, 4.69) is 4.98 Å². The van der Waals surface area contributed by atoms with Crippen molar-refractivity contribution in [2.75, 3.05) is 18.5 Å². The van der Waals surface area contributed by atoms with E-state index < -0.39 is 5.91 Å². The predicted molar refractivity (Wildman–Crippen MR) is 56.4 cm³/mol. The molecule has 0 saturated heterocycles. The normalized spacial score (nSPS) is 9.40. The summed E-state index contributed by atoms with van der Waals surface area (Å²) in [4.78, 5) is 16.2. The molecule has 1 aromatic heterocycles. The van der Waals surface area contributed by atoms with Gasteiger partial charge in [-0.05, 0) is 12.1 Å². The molecule has 6 heteroatoms. The SMILES string of the molecule is CN(CC(N)=O)c1cc(C#N)cc(Cl)n1. The molecule has 1 rings (SSSR count). The first-order valence-corrected chi connectivity index (χ1v) is 4.48. The molecule has 1 amide bonds. The average molecular weight is 225 g/mol. The molecule has 0 radical (unpaired) electrons. The molecule has 0 atom stereocenters. The Bertz CT molecular complexity index is 427. The van der Waals surface area contributed by atoms with Crippen LogP contribution in [0.4, 0.5) is 5.82 Å². The Morgan fingerprint density at radius 3 is 2.93 bits per heavy atom. The molecule has 2 N–H and O–H groups in total. The van der Waals surface area contributed by atoms with Crippen molar-refractivity contribution in [3.8, 4) is 6.07 Å². The molecule has 5 nitrogen and oxygen atoms in total. The number of anilines is 1. The highest BCUT2D eigenvalue weighted by atomic mass is 35.5. The van der Waals surface area contributed by atoms with Crippen LogP contribution in [0.5, 0.6) is 0 Å². The number of hydrogen-bond donors (Lipinski definition) is 1. The van der Waals surface area contributed by atoms with Gasteiger partial charge in [-0.3, -0.25) is 4.79 Å². The molecule has 0 fully saturated rings. The number of carbonyl (C=O) groups is 1.